The molecule has 0 bridgehead atoms. The number of benzene rings is 1. The molecular weight excluding hydrogens is 310 g/mol. The molecule has 5 nitrogen and oxygen atoms in total. The molecule has 1 aromatic carbocycles. The molecule has 4 rings (SSSR count). The molecular formula is C17H11N3O2S. The number of aromatic nitrogens is 2. The topological polar surface area (TPSA) is 68.0 Å². The van der Waals surface area contributed by atoms with Crippen molar-refractivity contribution in [3.8, 4) is 10.8 Å². The van der Waals surface area contributed by atoms with E-state index < -0.39 is 0 Å². The second kappa shape index (κ2) is 5.66. The number of nitrogens with one attached hydrogen (secondary N) is 1. The van der Waals surface area contributed by atoms with Crippen molar-refractivity contribution in [2.24, 2.45) is 0 Å². The van der Waals surface area contributed by atoms with Crippen molar-refractivity contribution in [1.82, 2.24) is 9.97 Å². The van der Waals surface area contributed by atoms with Crippen LogP contribution in [-0.2, 0) is 0 Å². The Morgan fingerprint density at radius 1 is 1.13 bits per heavy atom. The molecule has 1 N–H and O–H groups in total. The van der Waals surface area contributed by atoms with Gasteiger partial charge < -0.3 is 9.73 Å². The van der Waals surface area contributed by atoms with Crippen LogP contribution < -0.4 is 5.32 Å². The fraction of sp³-hybridized carbons (Fsp3) is 0. The molecule has 0 aliphatic carbocycles. The van der Waals surface area contributed by atoms with Crippen LogP contribution in [-0.4, -0.2) is 15.9 Å². The van der Waals surface area contributed by atoms with Crippen LogP contribution in [0, 0.1) is 0 Å². The Hall–Kier alpha value is -2.99. The quantitative estimate of drug-likeness (QED) is 0.614. The highest BCUT2D eigenvalue weighted by molar-refractivity contribution is 7.13. The predicted molar refractivity (Wildman–Crippen MR) is 89.5 cm³/mol. The second-order valence-electron chi connectivity index (χ2n) is 4.84. The third kappa shape index (κ3) is 2.60. The summed E-state index contributed by atoms with van der Waals surface area (Å²) in [6.07, 6.45) is 3.31. The van der Waals surface area contributed by atoms with Crippen LogP contribution in [0.3, 0.4) is 0 Å². The number of carbonyl (C=O) groups is 1. The minimum absolute atomic E-state index is 0.254. The lowest BCUT2D eigenvalue weighted by Gasteiger charge is -2.06. The Balaban J connectivity index is 1.62. The van der Waals surface area contributed by atoms with Gasteiger partial charge in [0.05, 0.1) is 17.5 Å². The van der Waals surface area contributed by atoms with Gasteiger partial charge >= 0.3 is 0 Å². The van der Waals surface area contributed by atoms with Gasteiger partial charge in [0.2, 0.25) is 0 Å². The standard InChI is InChI=1S/C17H11N3O2S/c21-16(14-10-23-17(20-14)15-7-3-9-22-15)19-13-6-1-5-12-11(13)4-2-8-18-12/h1-10H,(H,19,21). The molecule has 0 saturated heterocycles. The molecule has 3 heterocycles. The van der Waals surface area contributed by atoms with Gasteiger partial charge in [0.1, 0.15) is 5.69 Å². The van der Waals surface area contributed by atoms with E-state index >= 15 is 0 Å². The number of fused-ring (bicyclic) bond motifs is 1. The normalized spacial score (nSPS) is 10.8. The van der Waals surface area contributed by atoms with Crippen molar-refractivity contribution in [1.29, 1.82) is 0 Å². The summed E-state index contributed by atoms with van der Waals surface area (Å²) >= 11 is 1.37. The summed E-state index contributed by atoms with van der Waals surface area (Å²) < 4.78 is 5.30. The molecule has 0 fully saturated rings. The van der Waals surface area contributed by atoms with Crippen molar-refractivity contribution < 1.29 is 9.21 Å². The molecule has 0 aliphatic rings. The average molecular weight is 321 g/mol. The van der Waals surface area contributed by atoms with E-state index in [1.807, 2.05) is 36.4 Å². The summed E-state index contributed by atoms with van der Waals surface area (Å²) in [5, 5.41) is 6.19. The van der Waals surface area contributed by atoms with Gasteiger partial charge in [0.15, 0.2) is 10.8 Å². The number of rotatable bonds is 3. The first-order valence-electron chi connectivity index (χ1n) is 6.96. The molecule has 0 atom stereocenters. The number of pyridine rings is 1. The third-order valence-corrected chi connectivity index (χ3v) is 4.22. The van der Waals surface area contributed by atoms with E-state index in [0.29, 0.717) is 22.1 Å². The first-order chi connectivity index (χ1) is 11.3. The van der Waals surface area contributed by atoms with Crippen LogP contribution in [0.5, 0.6) is 0 Å². The Bertz CT molecular complexity index is 971. The van der Waals surface area contributed by atoms with E-state index in [9.17, 15) is 4.79 Å². The zero-order valence-corrected chi connectivity index (χ0v) is 12.7. The molecule has 0 spiro atoms. The van der Waals surface area contributed by atoms with Crippen LogP contribution in [0.1, 0.15) is 10.5 Å². The number of carbonyl (C=O) groups excluding carboxylic acids is 1. The number of hydrogen-bond acceptors (Lipinski definition) is 5. The Morgan fingerprint density at radius 2 is 2.09 bits per heavy atom. The van der Waals surface area contributed by atoms with Crippen LogP contribution in [0.2, 0.25) is 0 Å². The lowest BCUT2D eigenvalue weighted by molar-refractivity contribution is 0.102. The maximum atomic E-state index is 12.4. The fourth-order valence-corrected chi connectivity index (χ4v) is 3.06. The molecule has 3 aromatic heterocycles. The highest BCUT2D eigenvalue weighted by atomic mass is 32.1. The molecule has 6 heteroatoms. The minimum Gasteiger partial charge on any atom is -0.462 e. The molecule has 112 valence electrons. The van der Waals surface area contributed by atoms with Crippen molar-refractivity contribution in [3.63, 3.8) is 0 Å². The Kier molecular flexibility index (Phi) is 3.36. The smallest absolute Gasteiger partial charge is 0.275 e. The number of hydrogen-bond donors (Lipinski definition) is 1. The molecule has 0 radical (unpaired) electrons. The summed E-state index contributed by atoms with van der Waals surface area (Å²) in [6, 6.07) is 13.0. The van der Waals surface area contributed by atoms with E-state index in [-0.39, 0.29) is 5.91 Å². The number of amides is 1. The van der Waals surface area contributed by atoms with Gasteiger partial charge in [0, 0.05) is 17.0 Å². The first-order valence-corrected chi connectivity index (χ1v) is 7.84. The van der Waals surface area contributed by atoms with Crippen molar-refractivity contribution >= 4 is 33.8 Å². The Morgan fingerprint density at radius 3 is 2.96 bits per heavy atom. The molecule has 0 aliphatic heterocycles. The lowest BCUT2D eigenvalue weighted by atomic mass is 10.2. The van der Waals surface area contributed by atoms with Crippen molar-refractivity contribution in [2.75, 3.05) is 5.32 Å². The second-order valence-corrected chi connectivity index (χ2v) is 5.70. The molecule has 0 saturated carbocycles. The summed E-state index contributed by atoms with van der Waals surface area (Å²) in [6.45, 7) is 0. The van der Waals surface area contributed by atoms with Gasteiger partial charge in [-0.25, -0.2) is 4.98 Å². The zero-order valence-electron chi connectivity index (χ0n) is 11.9. The van der Waals surface area contributed by atoms with E-state index in [2.05, 4.69) is 15.3 Å². The molecule has 1 amide bonds. The van der Waals surface area contributed by atoms with Crippen molar-refractivity contribution in [2.45, 2.75) is 0 Å². The Labute approximate surface area is 135 Å². The molecule has 23 heavy (non-hydrogen) atoms. The van der Waals surface area contributed by atoms with Gasteiger partial charge in [-0.05, 0) is 36.4 Å². The van der Waals surface area contributed by atoms with Gasteiger partial charge in [0.25, 0.3) is 5.91 Å². The highest BCUT2D eigenvalue weighted by Gasteiger charge is 2.14. The minimum atomic E-state index is -0.254. The van der Waals surface area contributed by atoms with Gasteiger partial charge in [-0.2, -0.15) is 0 Å². The SMILES string of the molecule is O=C(Nc1cccc2ncccc12)c1csc(-c2ccco2)n1. The number of anilines is 1. The maximum Gasteiger partial charge on any atom is 0.275 e. The maximum absolute atomic E-state index is 12.4. The molecule has 4 aromatic rings. The van der Waals surface area contributed by atoms with E-state index in [1.54, 1.807) is 23.9 Å². The summed E-state index contributed by atoms with van der Waals surface area (Å²) in [7, 11) is 0. The van der Waals surface area contributed by atoms with Crippen LogP contribution >= 0.6 is 11.3 Å². The van der Waals surface area contributed by atoms with Gasteiger partial charge in [-0.1, -0.05) is 6.07 Å². The van der Waals surface area contributed by atoms with Crippen molar-refractivity contribution in [3.05, 3.63) is 66.0 Å². The van der Waals surface area contributed by atoms with E-state index in [0.717, 1.165) is 10.9 Å². The largest absolute Gasteiger partial charge is 0.462 e. The van der Waals surface area contributed by atoms with Crippen LogP contribution in [0.25, 0.3) is 21.7 Å². The lowest BCUT2D eigenvalue weighted by Crippen LogP contribution is -2.12. The number of thiazole rings is 1. The monoisotopic (exact) mass is 321 g/mol. The summed E-state index contributed by atoms with van der Waals surface area (Å²) in [5.41, 5.74) is 1.91. The first kappa shape index (κ1) is 13.7. The van der Waals surface area contributed by atoms with Gasteiger partial charge in [-0.3, -0.25) is 9.78 Å². The van der Waals surface area contributed by atoms with Crippen LogP contribution in [0.4, 0.5) is 5.69 Å². The van der Waals surface area contributed by atoms with Crippen LogP contribution in [0.15, 0.2) is 64.7 Å². The highest BCUT2D eigenvalue weighted by Crippen LogP contribution is 2.25. The zero-order chi connectivity index (χ0) is 15.6. The molecule has 0 unspecified atom stereocenters. The van der Waals surface area contributed by atoms with E-state index in [1.165, 1.54) is 11.3 Å². The fourth-order valence-electron chi connectivity index (χ4n) is 2.29. The van der Waals surface area contributed by atoms with E-state index in [4.69, 9.17) is 4.42 Å². The summed E-state index contributed by atoms with van der Waals surface area (Å²) in [4.78, 5) is 21.0. The third-order valence-electron chi connectivity index (χ3n) is 3.36. The predicted octanol–water partition coefficient (Wildman–Crippen LogP) is 4.20. The number of furan rings is 1. The summed E-state index contributed by atoms with van der Waals surface area (Å²) in [5.74, 6) is 0.402. The number of nitrogens with zero attached hydrogens (tertiary/aromatic N) is 2. The average Bonchev–Trinajstić information content (AvgIpc) is 3.26. The van der Waals surface area contributed by atoms with Gasteiger partial charge in [-0.15, -0.1) is 11.3 Å².